The average Bonchev–Trinajstić information content (AvgIpc) is 3.10. The molecule has 1 aliphatic rings. The van der Waals surface area contributed by atoms with E-state index in [0.717, 1.165) is 42.9 Å². The van der Waals surface area contributed by atoms with Crippen LogP contribution in [0, 0.1) is 0 Å². The van der Waals surface area contributed by atoms with Crippen molar-refractivity contribution in [3.63, 3.8) is 0 Å². The molecule has 0 saturated carbocycles. The summed E-state index contributed by atoms with van der Waals surface area (Å²) in [7, 11) is 1.64. The number of nitrogens with one attached hydrogen (secondary N) is 1. The molecule has 0 spiro atoms. The number of methoxy groups -OCH3 is 1. The van der Waals surface area contributed by atoms with E-state index < -0.39 is 0 Å². The van der Waals surface area contributed by atoms with Crippen molar-refractivity contribution >= 4 is 5.69 Å². The fourth-order valence-electron chi connectivity index (χ4n) is 2.83. The molecule has 0 atom stereocenters. The zero-order chi connectivity index (χ0) is 16.1. The van der Waals surface area contributed by atoms with E-state index in [2.05, 4.69) is 15.1 Å². The predicted molar refractivity (Wildman–Crippen MR) is 89.1 cm³/mol. The molecule has 1 fully saturated rings. The van der Waals surface area contributed by atoms with Crippen molar-refractivity contribution in [2.24, 2.45) is 0 Å². The lowest BCUT2D eigenvalue weighted by Crippen LogP contribution is -2.23. The lowest BCUT2D eigenvalue weighted by atomic mass is 10.1. The minimum Gasteiger partial charge on any atom is -0.491 e. The third kappa shape index (κ3) is 3.53. The van der Waals surface area contributed by atoms with Gasteiger partial charge in [-0.1, -0.05) is 12.1 Å². The number of hydrogen-bond acceptors (Lipinski definition) is 5. The zero-order valence-corrected chi connectivity index (χ0v) is 13.2. The van der Waals surface area contributed by atoms with Gasteiger partial charge < -0.3 is 14.4 Å². The molecule has 1 aromatic heterocycles. The molecule has 0 bridgehead atoms. The summed E-state index contributed by atoms with van der Waals surface area (Å²) in [5, 5.41) is 6.50. The number of aromatic amines is 1. The lowest BCUT2D eigenvalue weighted by molar-refractivity contribution is 0.146. The van der Waals surface area contributed by atoms with Crippen LogP contribution in [0.5, 0.6) is 5.75 Å². The van der Waals surface area contributed by atoms with Gasteiger partial charge in [0.2, 0.25) is 0 Å². The van der Waals surface area contributed by atoms with Crippen LogP contribution in [0.15, 0.2) is 35.3 Å². The lowest BCUT2D eigenvalue weighted by Gasteiger charge is -2.20. The molecule has 23 heavy (non-hydrogen) atoms. The van der Waals surface area contributed by atoms with E-state index in [1.165, 1.54) is 0 Å². The van der Waals surface area contributed by atoms with Crippen LogP contribution in [0.4, 0.5) is 5.69 Å². The maximum Gasteiger partial charge on any atom is 0.274 e. The average molecular weight is 315 g/mol. The number of ether oxygens (including phenoxy) is 2. The van der Waals surface area contributed by atoms with Gasteiger partial charge in [-0.3, -0.25) is 4.79 Å². The Labute approximate surface area is 135 Å². The molecule has 2 heterocycles. The molecule has 0 radical (unpaired) electrons. The summed E-state index contributed by atoms with van der Waals surface area (Å²) in [6, 6.07) is 7.57. The van der Waals surface area contributed by atoms with E-state index in [4.69, 9.17) is 9.47 Å². The highest BCUT2D eigenvalue weighted by Crippen LogP contribution is 2.30. The standard InChI is InChI=1S/C17H21N3O3/c1-22-10-11-23-14-6-4-13(5-7-14)16-15(12-18-19-17(16)21)20-8-2-3-9-20/h4-7,12H,2-3,8-11H2,1H3,(H,19,21). The van der Waals surface area contributed by atoms with Gasteiger partial charge in [-0.15, -0.1) is 0 Å². The summed E-state index contributed by atoms with van der Waals surface area (Å²) < 4.78 is 10.5. The van der Waals surface area contributed by atoms with E-state index in [0.29, 0.717) is 18.8 Å². The first-order valence-corrected chi connectivity index (χ1v) is 7.84. The van der Waals surface area contributed by atoms with Crippen LogP contribution < -0.4 is 15.2 Å². The Morgan fingerprint density at radius 1 is 1.17 bits per heavy atom. The van der Waals surface area contributed by atoms with E-state index in [9.17, 15) is 4.79 Å². The minimum atomic E-state index is -0.164. The summed E-state index contributed by atoms with van der Waals surface area (Å²) in [6.45, 7) is 2.99. The molecule has 122 valence electrons. The highest BCUT2D eigenvalue weighted by molar-refractivity contribution is 5.77. The molecule has 1 saturated heterocycles. The normalized spacial score (nSPS) is 14.2. The Hall–Kier alpha value is -2.34. The Balaban J connectivity index is 1.87. The molecule has 6 nitrogen and oxygen atoms in total. The van der Waals surface area contributed by atoms with Crippen molar-refractivity contribution in [2.45, 2.75) is 12.8 Å². The molecule has 1 aliphatic heterocycles. The van der Waals surface area contributed by atoms with Gasteiger partial charge in [-0.25, -0.2) is 5.10 Å². The molecule has 3 rings (SSSR count). The number of rotatable bonds is 6. The van der Waals surface area contributed by atoms with Gasteiger partial charge in [0.1, 0.15) is 12.4 Å². The largest absolute Gasteiger partial charge is 0.491 e. The van der Waals surface area contributed by atoms with Crippen LogP contribution >= 0.6 is 0 Å². The van der Waals surface area contributed by atoms with Crippen molar-refractivity contribution in [2.75, 3.05) is 38.3 Å². The van der Waals surface area contributed by atoms with Gasteiger partial charge in [-0.05, 0) is 30.5 Å². The van der Waals surface area contributed by atoms with Gasteiger partial charge in [-0.2, -0.15) is 5.10 Å². The van der Waals surface area contributed by atoms with Gasteiger partial charge in [0.05, 0.1) is 24.1 Å². The van der Waals surface area contributed by atoms with Crippen LogP contribution in [0.25, 0.3) is 11.1 Å². The number of hydrogen-bond donors (Lipinski definition) is 1. The topological polar surface area (TPSA) is 67.5 Å². The monoisotopic (exact) mass is 315 g/mol. The van der Waals surface area contributed by atoms with Crippen molar-refractivity contribution in [3.8, 4) is 16.9 Å². The fraction of sp³-hybridized carbons (Fsp3) is 0.412. The number of anilines is 1. The molecular weight excluding hydrogens is 294 g/mol. The second kappa shape index (κ2) is 7.28. The van der Waals surface area contributed by atoms with E-state index in [1.54, 1.807) is 13.3 Å². The number of benzene rings is 1. The first-order chi connectivity index (χ1) is 11.3. The zero-order valence-electron chi connectivity index (χ0n) is 13.2. The van der Waals surface area contributed by atoms with Crippen LogP contribution in [-0.2, 0) is 4.74 Å². The molecule has 0 unspecified atom stereocenters. The number of aromatic nitrogens is 2. The van der Waals surface area contributed by atoms with Gasteiger partial charge >= 0.3 is 0 Å². The van der Waals surface area contributed by atoms with Gasteiger partial charge in [0.15, 0.2) is 0 Å². The molecule has 0 aliphatic carbocycles. The Morgan fingerprint density at radius 3 is 2.61 bits per heavy atom. The third-order valence-corrected chi connectivity index (χ3v) is 3.98. The van der Waals surface area contributed by atoms with Crippen molar-refractivity contribution in [1.82, 2.24) is 10.2 Å². The maximum atomic E-state index is 12.3. The summed E-state index contributed by atoms with van der Waals surface area (Å²) in [4.78, 5) is 14.5. The third-order valence-electron chi connectivity index (χ3n) is 3.98. The highest BCUT2D eigenvalue weighted by atomic mass is 16.5. The SMILES string of the molecule is COCCOc1ccc(-c2c(N3CCCC3)cn[nH]c2=O)cc1. The second-order valence-electron chi connectivity index (χ2n) is 5.52. The fourth-order valence-corrected chi connectivity index (χ4v) is 2.83. The summed E-state index contributed by atoms with van der Waals surface area (Å²) in [5.74, 6) is 0.763. The maximum absolute atomic E-state index is 12.3. The van der Waals surface area contributed by atoms with Crippen molar-refractivity contribution in [1.29, 1.82) is 0 Å². The van der Waals surface area contributed by atoms with Crippen LogP contribution in [0.1, 0.15) is 12.8 Å². The molecular formula is C17H21N3O3. The van der Waals surface area contributed by atoms with E-state index >= 15 is 0 Å². The summed E-state index contributed by atoms with van der Waals surface area (Å²) in [5.41, 5.74) is 2.28. The first kappa shape index (κ1) is 15.6. The van der Waals surface area contributed by atoms with Gasteiger partial charge in [0.25, 0.3) is 5.56 Å². The first-order valence-electron chi connectivity index (χ1n) is 7.84. The number of nitrogens with zero attached hydrogens (tertiary/aromatic N) is 2. The molecule has 0 amide bonds. The molecule has 1 N–H and O–H groups in total. The van der Waals surface area contributed by atoms with E-state index in [1.807, 2.05) is 24.3 Å². The number of H-pyrrole nitrogens is 1. The van der Waals surface area contributed by atoms with E-state index in [-0.39, 0.29) is 5.56 Å². The minimum absolute atomic E-state index is 0.164. The Morgan fingerprint density at radius 2 is 1.91 bits per heavy atom. The predicted octanol–water partition coefficient (Wildman–Crippen LogP) is 2.06. The van der Waals surface area contributed by atoms with Crippen molar-refractivity contribution in [3.05, 3.63) is 40.8 Å². The molecule has 6 heteroatoms. The van der Waals surface area contributed by atoms with Crippen LogP contribution in [0.2, 0.25) is 0 Å². The Kier molecular flexibility index (Phi) is 4.92. The molecule has 2 aromatic rings. The van der Waals surface area contributed by atoms with Crippen LogP contribution in [-0.4, -0.2) is 43.6 Å². The van der Waals surface area contributed by atoms with Crippen molar-refractivity contribution < 1.29 is 9.47 Å². The van der Waals surface area contributed by atoms with Gasteiger partial charge in [0, 0.05) is 20.2 Å². The quantitative estimate of drug-likeness (QED) is 0.827. The second-order valence-corrected chi connectivity index (χ2v) is 5.52. The van der Waals surface area contributed by atoms with Crippen LogP contribution in [0.3, 0.4) is 0 Å². The smallest absolute Gasteiger partial charge is 0.274 e. The highest BCUT2D eigenvalue weighted by Gasteiger charge is 2.19. The summed E-state index contributed by atoms with van der Waals surface area (Å²) >= 11 is 0. The Bertz CT molecular complexity index is 691. The summed E-state index contributed by atoms with van der Waals surface area (Å²) in [6.07, 6.45) is 4.04. The molecule has 1 aromatic carbocycles.